The second-order valence-electron chi connectivity index (χ2n) is 7.14. The van der Waals surface area contributed by atoms with E-state index in [9.17, 15) is 9.90 Å². The monoisotopic (exact) mass is 399 g/mol. The van der Waals surface area contributed by atoms with E-state index < -0.39 is 0 Å². The fourth-order valence-electron chi connectivity index (χ4n) is 3.28. The Labute approximate surface area is 171 Å². The van der Waals surface area contributed by atoms with Crippen LogP contribution in [0.1, 0.15) is 0 Å². The normalized spacial score (nSPS) is 16.6. The number of likely N-dealkylation sites (N-methyl/N-ethyl adjacent to an activating group) is 1. The Morgan fingerprint density at radius 1 is 1.00 bits per heavy atom. The average molecular weight is 400 g/mol. The molecular formula is C22H29N3O2S. The van der Waals surface area contributed by atoms with Crippen molar-refractivity contribution < 1.29 is 9.90 Å². The first kappa shape index (κ1) is 20.9. The van der Waals surface area contributed by atoms with E-state index in [4.69, 9.17) is 0 Å². The lowest BCUT2D eigenvalue weighted by molar-refractivity contribution is -0.119. The lowest BCUT2D eigenvalue weighted by atomic mass is 10.2. The molecule has 1 unspecified atom stereocenters. The fraction of sp³-hybridized carbons (Fsp3) is 0.409. The van der Waals surface area contributed by atoms with Crippen LogP contribution in [0.4, 0.5) is 5.69 Å². The van der Waals surface area contributed by atoms with Crippen LogP contribution >= 0.6 is 11.8 Å². The number of rotatable bonds is 8. The van der Waals surface area contributed by atoms with Crippen molar-refractivity contribution in [2.24, 2.45) is 0 Å². The van der Waals surface area contributed by atoms with E-state index in [-0.39, 0.29) is 12.0 Å². The van der Waals surface area contributed by atoms with Crippen molar-refractivity contribution in [1.29, 1.82) is 0 Å². The van der Waals surface area contributed by atoms with Gasteiger partial charge in [-0.25, -0.2) is 0 Å². The van der Waals surface area contributed by atoms with Crippen molar-refractivity contribution in [2.45, 2.75) is 11.0 Å². The van der Waals surface area contributed by atoms with E-state index in [0.717, 1.165) is 31.9 Å². The fourth-order valence-corrected chi connectivity index (χ4v) is 4.12. The van der Waals surface area contributed by atoms with Gasteiger partial charge in [0.25, 0.3) is 0 Å². The van der Waals surface area contributed by atoms with Gasteiger partial charge in [0.05, 0.1) is 12.6 Å². The largest absolute Gasteiger partial charge is 0.391 e. The Balaban J connectivity index is 1.36. The Bertz CT molecular complexity index is 721. The second kappa shape index (κ2) is 10.6. The molecule has 0 aliphatic carbocycles. The zero-order chi connectivity index (χ0) is 19.8. The summed E-state index contributed by atoms with van der Waals surface area (Å²) in [7, 11) is 1.83. The topological polar surface area (TPSA) is 47.0 Å². The SMILES string of the molecule is CN(C(=O)CN1CCN(CC(O)CSc2ccccc2)CC1)c1ccccc1. The van der Waals surface area contributed by atoms with Gasteiger partial charge in [0.15, 0.2) is 0 Å². The lowest BCUT2D eigenvalue weighted by Gasteiger charge is -2.35. The highest BCUT2D eigenvalue weighted by atomic mass is 32.2. The summed E-state index contributed by atoms with van der Waals surface area (Å²) < 4.78 is 0. The molecule has 5 nitrogen and oxygen atoms in total. The predicted molar refractivity (Wildman–Crippen MR) is 116 cm³/mol. The van der Waals surface area contributed by atoms with Crippen LogP contribution in [0.15, 0.2) is 65.6 Å². The van der Waals surface area contributed by atoms with Crippen molar-refractivity contribution in [3.63, 3.8) is 0 Å². The zero-order valence-electron chi connectivity index (χ0n) is 16.4. The lowest BCUT2D eigenvalue weighted by Crippen LogP contribution is -2.51. The Kier molecular flexibility index (Phi) is 7.91. The van der Waals surface area contributed by atoms with Crippen LogP contribution in [0.2, 0.25) is 0 Å². The van der Waals surface area contributed by atoms with E-state index in [0.29, 0.717) is 18.8 Å². The molecule has 0 bridgehead atoms. The van der Waals surface area contributed by atoms with Gasteiger partial charge < -0.3 is 10.0 Å². The minimum atomic E-state index is -0.345. The highest BCUT2D eigenvalue weighted by molar-refractivity contribution is 7.99. The van der Waals surface area contributed by atoms with E-state index in [2.05, 4.69) is 21.9 Å². The number of aliphatic hydroxyl groups is 1. The molecule has 3 rings (SSSR count). The number of β-amino-alcohol motifs (C(OH)–C–C–N with tert-alkyl or cyclic N) is 1. The van der Waals surface area contributed by atoms with Gasteiger partial charge in [-0.2, -0.15) is 0 Å². The van der Waals surface area contributed by atoms with Gasteiger partial charge in [0.1, 0.15) is 0 Å². The van der Waals surface area contributed by atoms with Crippen molar-refractivity contribution >= 4 is 23.4 Å². The molecule has 1 saturated heterocycles. The summed E-state index contributed by atoms with van der Waals surface area (Å²) in [5.41, 5.74) is 0.921. The number of amides is 1. The molecule has 1 aliphatic rings. The molecule has 150 valence electrons. The number of carbonyl (C=O) groups excluding carboxylic acids is 1. The van der Waals surface area contributed by atoms with E-state index in [1.807, 2.05) is 55.6 Å². The molecule has 1 aliphatic heterocycles. The first-order chi connectivity index (χ1) is 13.6. The first-order valence-electron chi connectivity index (χ1n) is 9.74. The Morgan fingerprint density at radius 2 is 1.57 bits per heavy atom. The predicted octanol–water partition coefficient (Wildman–Crippen LogP) is 2.42. The molecule has 2 aromatic rings. The van der Waals surface area contributed by atoms with Crippen LogP contribution in [0.5, 0.6) is 0 Å². The quantitative estimate of drug-likeness (QED) is 0.691. The van der Waals surface area contributed by atoms with Gasteiger partial charge in [0, 0.05) is 56.1 Å². The summed E-state index contributed by atoms with van der Waals surface area (Å²) in [6.07, 6.45) is -0.345. The number of aliphatic hydroxyl groups excluding tert-OH is 1. The highest BCUT2D eigenvalue weighted by Crippen LogP contribution is 2.18. The number of piperazine rings is 1. The molecule has 0 aromatic heterocycles. The van der Waals surface area contributed by atoms with Gasteiger partial charge in [-0.05, 0) is 24.3 Å². The van der Waals surface area contributed by atoms with Gasteiger partial charge >= 0.3 is 0 Å². The van der Waals surface area contributed by atoms with Gasteiger partial charge in [-0.15, -0.1) is 11.8 Å². The molecule has 0 saturated carbocycles. The molecule has 1 amide bonds. The summed E-state index contributed by atoms with van der Waals surface area (Å²) in [5, 5.41) is 10.3. The standard InChI is InChI=1S/C22H29N3O2S/c1-23(19-8-4-2-5-9-19)22(27)17-25-14-12-24(13-15-25)16-20(26)18-28-21-10-6-3-7-11-21/h2-11,20,26H,12-18H2,1H3. The number of para-hydroxylation sites is 1. The van der Waals surface area contributed by atoms with E-state index in [1.54, 1.807) is 16.7 Å². The molecule has 1 atom stereocenters. The Hall–Kier alpha value is -1.86. The summed E-state index contributed by atoms with van der Waals surface area (Å²) >= 11 is 1.69. The molecule has 6 heteroatoms. The summed E-state index contributed by atoms with van der Waals surface area (Å²) in [5.74, 6) is 0.809. The molecule has 0 spiro atoms. The molecule has 1 N–H and O–H groups in total. The third-order valence-corrected chi connectivity index (χ3v) is 6.15. The van der Waals surface area contributed by atoms with Crippen LogP contribution in [0.3, 0.4) is 0 Å². The van der Waals surface area contributed by atoms with Crippen LogP contribution in [0, 0.1) is 0 Å². The average Bonchev–Trinajstić information content (AvgIpc) is 2.74. The molecule has 2 aromatic carbocycles. The minimum absolute atomic E-state index is 0.110. The molecule has 28 heavy (non-hydrogen) atoms. The maximum absolute atomic E-state index is 12.5. The van der Waals surface area contributed by atoms with E-state index >= 15 is 0 Å². The summed E-state index contributed by atoms with van der Waals surface area (Å²) in [6.45, 7) is 4.60. The Morgan fingerprint density at radius 3 is 2.21 bits per heavy atom. The second-order valence-corrected chi connectivity index (χ2v) is 8.24. The maximum Gasteiger partial charge on any atom is 0.240 e. The van der Waals surface area contributed by atoms with Crippen molar-refractivity contribution in [2.75, 3.05) is 57.0 Å². The number of benzene rings is 2. The third kappa shape index (κ3) is 6.34. The van der Waals surface area contributed by atoms with Crippen molar-refractivity contribution in [3.8, 4) is 0 Å². The van der Waals surface area contributed by atoms with E-state index in [1.165, 1.54) is 4.90 Å². The van der Waals surface area contributed by atoms with Gasteiger partial charge in [-0.1, -0.05) is 36.4 Å². The van der Waals surface area contributed by atoms with Crippen LogP contribution < -0.4 is 4.90 Å². The van der Waals surface area contributed by atoms with Crippen molar-refractivity contribution in [1.82, 2.24) is 9.80 Å². The number of nitrogens with zero attached hydrogens (tertiary/aromatic N) is 3. The first-order valence-corrected chi connectivity index (χ1v) is 10.7. The highest BCUT2D eigenvalue weighted by Gasteiger charge is 2.22. The third-order valence-electron chi connectivity index (χ3n) is 5.00. The molecule has 1 fully saturated rings. The molecule has 0 radical (unpaired) electrons. The number of carbonyl (C=O) groups is 1. The van der Waals surface area contributed by atoms with Crippen LogP contribution in [-0.2, 0) is 4.79 Å². The molecule has 1 heterocycles. The summed E-state index contributed by atoms with van der Waals surface area (Å²) in [4.78, 5) is 19.9. The smallest absolute Gasteiger partial charge is 0.240 e. The van der Waals surface area contributed by atoms with Crippen LogP contribution in [0.25, 0.3) is 0 Å². The summed E-state index contributed by atoms with van der Waals surface area (Å²) in [6, 6.07) is 19.9. The van der Waals surface area contributed by atoms with Gasteiger partial charge in [0.2, 0.25) is 5.91 Å². The maximum atomic E-state index is 12.5. The zero-order valence-corrected chi connectivity index (χ0v) is 17.2. The minimum Gasteiger partial charge on any atom is -0.391 e. The number of hydrogen-bond acceptors (Lipinski definition) is 5. The van der Waals surface area contributed by atoms with Gasteiger partial charge in [-0.3, -0.25) is 14.6 Å². The van der Waals surface area contributed by atoms with Crippen LogP contribution in [-0.4, -0.2) is 79.0 Å². The molecular weight excluding hydrogens is 370 g/mol. The van der Waals surface area contributed by atoms with Crippen molar-refractivity contribution in [3.05, 3.63) is 60.7 Å². The number of anilines is 1. The number of thioether (sulfide) groups is 1. The number of hydrogen-bond donors (Lipinski definition) is 1.